The van der Waals surface area contributed by atoms with Crippen molar-refractivity contribution in [2.45, 2.75) is 86.5 Å². The van der Waals surface area contributed by atoms with Crippen molar-refractivity contribution >= 4 is 0 Å². The lowest BCUT2D eigenvalue weighted by molar-refractivity contribution is 0.307. The largest absolute Gasteiger partial charge is 0.0859 e. The van der Waals surface area contributed by atoms with Crippen LogP contribution in [0.4, 0.5) is 0 Å². The minimum Gasteiger partial charge on any atom is -0.0859 e. The molecule has 0 N–H and O–H groups in total. The molecule has 0 rings (SSSR count). The first-order valence-corrected chi connectivity index (χ1v) is 8.12. The summed E-state index contributed by atoms with van der Waals surface area (Å²) in [5, 5.41) is 0. The molecule has 0 heteroatoms. The zero-order valence-corrected chi connectivity index (χ0v) is 13.8. The zero-order chi connectivity index (χ0) is 14.0. The molecule has 2 unspecified atom stereocenters. The Labute approximate surface area is 116 Å². The Hall–Kier alpha value is -0.260. The van der Waals surface area contributed by atoms with Gasteiger partial charge in [-0.25, -0.2) is 0 Å². The van der Waals surface area contributed by atoms with Gasteiger partial charge in [-0.15, -0.1) is 0 Å². The molecule has 0 heterocycles. The van der Waals surface area contributed by atoms with Crippen LogP contribution in [0.3, 0.4) is 0 Å². The molecule has 0 aliphatic heterocycles. The Morgan fingerprint density at radius 1 is 0.889 bits per heavy atom. The smallest absolute Gasteiger partial charge is 0.0346 e. The SMILES string of the molecule is CCC(CCC=C(C)C)CC(CC)CCC(C)C. The third kappa shape index (κ3) is 9.74. The van der Waals surface area contributed by atoms with Gasteiger partial charge in [0.25, 0.3) is 0 Å². The third-order valence-corrected chi connectivity index (χ3v) is 4.10. The van der Waals surface area contributed by atoms with E-state index < -0.39 is 0 Å². The summed E-state index contributed by atoms with van der Waals surface area (Å²) in [6, 6.07) is 0. The number of hydrogen-bond acceptors (Lipinski definition) is 0. The van der Waals surface area contributed by atoms with Gasteiger partial charge in [-0.3, -0.25) is 0 Å². The second-order valence-electron chi connectivity index (χ2n) is 6.61. The molecule has 0 saturated carbocycles. The van der Waals surface area contributed by atoms with Crippen molar-refractivity contribution < 1.29 is 0 Å². The second-order valence-corrected chi connectivity index (χ2v) is 6.61. The molecule has 18 heavy (non-hydrogen) atoms. The molecule has 2 atom stereocenters. The van der Waals surface area contributed by atoms with E-state index in [-0.39, 0.29) is 0 Å². The molecule has 0 aliphatic rings. The van der Waals surface area contributed by atoms with Crippen LogP contribution in [0.5, 0.6) is 0 Å². The molecule has 0 nitrogen and oxygen atoms in total. The molecule has 0 aliphatic carbocycles. The van der Waals surface area contributed by atoms with Crippen LogP contribution in [0.1, 0.15) is 86.5 Å². The molecule has 108 valence electrons. The third-order valence-electron chi connectivity index (χ3n) is 4.10. The van der Waals surface area contributed by atoms with Gasteiger partial charge in [0.1, 0.15) is 0 Å². The highest BCUT2D eigenvalue weighted by Crippen LogP contribution is 2.27. The molecule has 0 aromatic heterocycles. The van der Waals surface area contributed by atoms with Gasteiger partial charge in [-0.05, 0) is 50.9 Å². The lowest BCUT2D eigenvalue weighted by Crippen LogP contribution is -2.09. The molecular formula is C18H36. The molecule has 0 amide bonds. The average molecular weight is 252 g/mol. The van der Waals surface area contributed by atoms with Crippen molar-refractivity contribution in [3.8, 4) is 0 Å². The fourth-order valence-electron chi connectivity index (χ4n) is 2.63. The van der Waals surface area contributed by atoms with Crippen molar-refractivity contribution in [2.24, 2.45) is 17.8 Å². The van der Waals surface area contributed by atoms with Crippen LogP contribution < -0.4 is 0 Å². The van der Waals surface area contributed by atoms with Crippen LogP contribution in [0.2, 0.25) is 0 Å². The number of rotatable bonds is 10. The molecule has 0 saturated heterocycles. The van der Waals surface area contributed by atoms with Crippen LogP contribution in [0.25, 0.3) is 0 Å². The van der Waals surface area contributed by atoms with Gasteiger partial charge in [0.05, 0.1) is 0 Å². The monoisotopic (exact) mass is 252 g/mol. The Bertz CT molecular complexity index is 208. The minimum atomic E-state index is 0.866. The van der Waals surface area contributed by atoms with Crippen LogP contribution in [-0.2, 0) is 0 Å². The summed E-state index contributed by atoms with van der Waals surface area (Å²) in [4.78, 5) is 0. The van der Waals surface area contributed by atoms with Gasteiger partial charge >= 0.3 is 0 Å². The van der Waals surface area contributed by atoms with Crippen LogP contribution in [-0.4, -0.2) is 0 Å². The van der Waals surface area contributed by atoms with Crippen molar-refractivity contribution in [3.05, 3.63) is 11.6 Å². The summed E-state index contributed by atoms with van der Waals surface area (Å²) < 4.78 is 0. The molecule has 0 bridgehead atoms. The Balaban J connectivity index is 4.02. The topological polar surface area (TPSA) is 0 Å². The van der Waals surface area contributed by atoms with Gasteiger partial charge in [-0.1, -0.05) is 65.0 Å². The van der Waals surface area contributed by atoms with E-state index in [1.54, 1.807) is 0 Å². The quantitative estimate of drug-likeness (QED) is 0.384. The molecule has 0 aromatic rings. The summed E-state index contributed by atoms with van der Waals surface area (Å²) in [5.41, 5.74) is 1.47. The minimum absolute atomic E-state index is 0.866. The molecule has 0 aromatic carbocycles. The summed E-state index contributed by atoms with van der Waals surface area (Å²) in [7, 11) is 0. The van der Waals surface area contributed by atoms with Gasteiger partial charge < -0.3 is 0 Å². The summed E-state index contributed by atoms with van der Waals surface area (Å²) in [5.74, 6) is 2.77. The predicted octanol–water partition coefficient (Wildman–Crippen LogP) is 6.61. The van der Waals surface area contributed by atoms with E-state index in [1.807, 2.05) is 0 Å². The van der Waals surface area contributed by atoms with Crippen LogP contribution in [0.15, 0.2) is 11.6 Å². The van der Waals surface area contributed by atoms with Crippen molar-refractivity contribution in [1.82, 2.24) is 0 Å². The first kappa shape index (κ1) is 17.7. The van der Waals surface area contributed by atoms with E-state index in [0.717, 1.165) is 17.8 Å². The molecule has 0 spiro atoms. The first-order chi connectivity index (χ1) is 8.49. The molecule has 0 fully saturated rings. The highest BCUT2D eigenvalue weighted by Gasteiger charge is 2.14. The average Bonchev–Trinajstić information content (AvgIpc) is 2.31. The normalized spacial score (nSPS) is 14.6. The highest BCUT2D eigenvalue weighted by molar-refractivity contribution is 4.92. The molecule has 0 radical (unpaired) electrons. The van der Waals surface area contributed by atoms with E-state index in [4.69, 9.17) is 0 Å². The Morgan fingerprint density at radius 3 is 1.89 bits per heavy atom. The summed E-state index contributed by atoms with van der Waals surface area (Å²) in [6.45, 7) is 13.8. The number of allylic oxidation sites excluding steroid dienone is 2. The van der Waals surface area contributed by atoms with Crippen molar-refractivity contribution in [2.75, 3.05) is 0 Å². The maximum absolute atomic E-state index is 2.40. The Morgan fingerprint density at radius 2 is 1.44 bits per heavy atom. The van der Waals surface area contributed by atoms with E-state index >= 15 is 0 Å². The van der Waals surface area contributed by atoms with Crippen molar-refractivity contribution in [3.63, 3.8) is 0 Å². The van der Waals surface area contributed by atoms with Crippen LogP contribution in [0, 0.1) is 17.8 Å². The van der Waals surface area contributed by atoms with Crippen LogP contribution >= 0.6 is 0 Å². The van der Waals surface area contributed by atoms with Gasteiger partial charge in [-0.2, -0.15) is 0 Å². The zero-order valence-electron chi connectivity index (χ0n) is 13.8. The second kappa shape index (κ2) is 10.6. The Kier molecular flexibility index (Phi) is 10.5. The molecular weight excluding hydrogens is 216 g/mol. The fraction of sp³-hybridized carbons (Fsp3) is 0.889. The highest BCUT2D eigenvalue weighted by atomic mass is 14.2. The van der Waals surface area contributed by atoms with Gasteiger partial charge in [0, 0.05) is 0 Å². The predicted molar refractivity (Wildman–Crippen MR) is 84.9 cm³/mol. The summed E-state index contributed by atoms with van der Waals surface area (Å²) in [6.07, 6.45) is 12.1. The fourth-order valence-corrected chi connectivity index (χ4v) is 2.63. The van der Waals surface area contributed by atoms with E-state index in [0.29, 0.717) is 0 Å². The van der Waals surface area contributed by atoms with Gasteiger partial charge in [0.2, 0.25) is 0 Å². The lowest BCUT2D eigenvalue weighted by Gasteiger charge is -2.22. The number of hydrogen-bond donors (Lipinski definition) is 0. The standard InChI is InChI=1S/C18H36/c1-7-17(11-9-10-15(3)4)14-18(8-2)13-12-16(5)6/h10,16-18H,7-9,11-14H2,1-6H3. The lowest BCUT2D eigenvalue weighted by atomic mass is 9.84. The van der Waals surface area contributed by atoms with E-state index in [9.17, 15) is 0 Å². The van der Waals surface area contributed by atoms with E-state index in [1.165, 1.54) is 50.5 Å². The summed E-state index contributed by atoms with van der Waals surface area (Å²) >= 11 is 0. The van der Waals surface area contributed by atoms with E-state index in [2.05, 4.69) is 47.6 Å². The first-order valence-electron chi connectivity index (χ1n) is 8.12. The maximum Gasteiger partial charge on any atom is -0.0346 e. The van der Waals surface area contributed by atoms with Gasteiger partial charge in [0.15, 0.2) is 0 Å². The maximum atomic E-state index is 2.40. The van der Waals surface area contributed by atoms with Crippen molar-refractivity contribution in [1.29, 1.82) is 0 Å².